The Hall–Kier alpha value is -2.73. The summed E-state index contributed by atoms with van der Waals surface area (Å²) >= 11 is 5.88. The average molecular weight is 403 g/mol. The van der Waals surface area contributed by atoms with Crippen molar-refractivity contribution in [2.75, 3.05) is 27.7 Å². The number of nitrogens with one attached hydrogen (secondary N) is 2. The molecule has 1 amide bonds. The molecule has 150 valence electrons. The lowest BCUT2D eigenvalue weighted by Gasteiger charge is -2.18. The van der Waals surface area contributed by atoms with Gasteiger partial charge in [-0.05, 0) is 48.9 Å². The third kappa shape index (κ3) is 6.78. The van der Waals surface area contributed by atoms with Gasteiger partial charge in [0.25, 0.3) is 5.91 Å². The Bertz CT molecular complexity index is 789. The molecular weight excluding hydrogens is 376 g/mol. The van der Waals surface area contributed by atoms with Crippen molar-refractivity contribution in [3.05, 3.63) is 64.7 Å². The van der Waals surface area contributed by atoms with E-state index in [1.165, 1.54) is 0 Å². The Balaban J connectivity index is 1.79. The van der Waals surface area contributed by atoms with Crippen molar-refractivity contribution in [2.45, 2.75) is 19.6 Å². The predicted molar refractivity (Wildman–Crippen MR) is 114 cm³/mol. The molecule has 0 saturated carbocycles. The highest BCUT2D eigenvalue weighted by Gasteiger charge is 2.08. The van der Waals surface area contributed by atoms with E-state index in [1.807, 2.05) is 43.3 Å². The summed E-state index contributed by atoms with van der Waals surface area (Å²) in [6.07, 6.45) is -0.0453. The normalized spacial score (nSPS) is 12.2. The molecular formula is C21H27ClN4O2. The van der Waals surface area contributed by atoms with Crippen LogP contribution in [0.4, 0.5) is 0 Å². The van der Waals surface area contributed by atoms with Crippen LogP contribution in [0, 0.1) is 0 Å². The van der Waals surface area contributed by atoms with Crippen LogP contribution in [0.15, 0.2) is 53.5 Å². The minimum Gasteiger partial charge on any atom is -0.489 e. The zero-order chi connectivity index (χ0) is 20.5. The van der Waals surface area contributed by atoms with Crippen LogP contribution in [-0.4, -0.2) is 50.6 Å². The maximum absolute atomic E-state index is 11.9. The van der Waals surface area contributed by atoms with Gasteiger partial charge in [-0.15, -0.1) is 0 Å². The number of hydrogen-bond acceptors (Lipinski definition) is 3. The second kappa shape index (κ2) is 10.6. The van der Waals surface area contributed by atoms with Gasteiger partial charge in [0.1, 0.15) is 11.9 Å². The molecule has 7 heteroatoms. The van der Waals surface area contributed by atoms with Gasteiger partial charge in [-0.1, -0.05) is 23.7 Å². The molecule has 0 spiro atoms. The monoisotopic (exact) mass is 402 g/mol. The molecule has 1 unspecified atom stereocenters. The van der Waals surface area contributed by atoms with Crippen LogP contribution in [0.5, 0.6) is 5.75 Å². The Morgan fingerprint density at radius 2 is 1.75 bits per heavy atom. The maximum Gasteiger partial charge on any atom is 0.253 e. The van der Waals surface area contributed by atoms with E-state index in [0.29, 0.717) is 29.6 Å². The van der Waals surface area contributed by atoms with Crippen LogP contribution >= 0.6 is 11.6 Å². The van der Waals surface area contributed by atoms with E-state index in [-0.39, 0.29) is 12.0 Å². The zero-order valence-corrected chi connectivity index (χ0v) is 17.5. The molecule has 2 rings (SSSR count). The molecule has 0 bridgehead atoms. The first-order valence-corrected chi connectivity index (χ1v) is 9.44. The Labute approximate surface area is 171 Å². The first kappa shape index (κ1) is 21.6. The molecule has 0 fully saturated rings. The fourth-order valence-corrected chi connectivity index (χ4v) is 2.58. The summed E-state index contributed by atoms with van der Waals surface area (Å²) < 4.78 is 5.84. The largest absolute Gasteiger partial charge is 0.489 e. The van der Waals surface area contributed by atoms with Crippen LogP contribution < -0.4 is 15.4 Å². The predicted octanol–water partition coefficient (Wildman–Crippen LogP) is 3.17. The fraction of sp³-hybridized carbons (Fsp3) is 0.333. The Morgan fingerprint density at radius 3 is 2.32 bits per heavy atom. The quantitative estimate of drug-likeness (QED) is 0.551. The number of hydrogen-bond donors (Lipinski definition) is 2. The van der Waals surface area contributed by atoms with Gasteiger partial charge in [-0.3, -0.25) is 9.79 Å². The lowest BCUT2D eigenvalue weighted by atomic mass is 10.1. The lowest BCUT2D eigenvalue weighted by molar-refractivity contribution is 0.0827. The number of ether oxygens (including phenoxy) is 1. The zero-order valence-electron chi connectivity index (χ0n) is 16.7. The van der Waals surface area contributed by atoms with Crippen molar-refractivity contribution in [2.24, 2.45) is 4.99 Å². The molecule has 0 radical (unpaired) electrons. The highest BCUT2D eigenvalue weighted by atomic mass is 35.5. The summed E-state index contributed by atoms with van der Waals surface area (Å²) in [5.74, 6) is 1.45. The lowest BCUT2D eigenvalue weighted by Crippen LogP contribution is -2.41. The summed E-state index contributed by atoms with van der Waals surface area (Å²) in [5.41, 5.74) is 1.73. The second-order valence-corrected chi connectivity index (χ2v) is 7.02. The van der Waals surface area contributed by atoms with Crippen LogP contribution in [0.1, 0.15) is 22.8 Å². The Kier molecular flexibility index (Phi) is 8.14. The van der Waals surface area contributed by atoms with Crippen LogP contribution in [0.3, 0.4) is 0 Å². The van der Waals surface area contributed by atoms with Gasteiger partial charge in [0.2, 0.25) is 0 Å². The van der Waals surface area contributed by atoms with Crippen LogP contribution in [0.2, 0.25) is 5.02 Å². The molecule has 0 aliphatic rings. The number of aliphatic imine (C=N–C) groups is 1. The van der Waals surface area contributed by atoms with E-state index < -0.39 is 0 Å². The van der Waals surface area contributed by atoms with Crippen molar-refractivity contribution >= 4 is 23.5 Å². The third-order valence-electron chi connectivity index (χ3n) is 4.00. The van der Waals surface area contributed by atoms with Gasteiger partial charge in [0.15, 0.2) is 5.96 Å². The van der Waals surface area contributed by atoms with Crippen molar-refractivity contribution in [3.8, 4) is 5.75 Å². The number of rotatable bonds is 7. The highest BCUT2D eigenvalue weighted by Crippen LogP contribution is 2.16. The molecule has 0 heterocycles. The average Bonchev–Trinajstić information content (AvgIpc) is 2.69. The molecule has 0 aliphatic heterocycles. The molecule has 2 aromatic carbocycles. The topological polar surface area (TPSA) is 66.0 Å². The van der Waals surface area contributed by atoms with E-state index in [4.69, 9.17) is 16.3 Å². The van der Waals surface area contributed by atoms with Crippen molar-refractivity contribution in [1.29, 1.82) is 0 Å². The van der Waals surface area contributed by atoms with Gasteiger partial charge in [-0.2, -0.15) is 0 Å². The summed E-state index contributed by atoms with van der Waals surface area (Å²) in [6.45, 7) is 3.18. The molecule has 1 atom stereocenters. The SMILES string of the molecule is CN=C(NCc1ccc(C(=O)N(C)C)cc1)NCC(C)Oc1ccc(Cl)cc1. The summed E-state index contributed by atoms with van der Waals surface area (Å²) in [5, 5.41) is 7.18. The maximum atomic E-state index is 11.9. The van der Waals surface area contributed by atoms with Crippen LogP contribution in [0.25, 0.3) is 0 Å². The molecule has 0 saturated heterocycles. The van der Waals surface area contributed by atoms with Crippen molar-refractivity contribution < 1.29 is 9.53 Å². The van der Waals surface area contributed by atoms with Gasteiger partial charge in [0, 0.05) is 38.3 Å². The van der Waals surface area contributed by atoms with E-state index in [2.05, 4.69) is 15.6 Å². The number of nitrogens with zero attached hydrogens (tertiary/aromatic N) is 2. The smallest absolute Gasteiger partial charge is 0.253 e. The van der Waals surface area contributed by atoms with Crippen molar-refractivity contribution in [3.63, 3.8) is 0 Å². The van der Waals surface area contributed by atoms with E-state index >= 15 is 0 Å². The number of benzene rings is 2. The third-order valence-corrected chi connectivity index (χ3v) is 4.25. The van der Waals surface area contributed by atoms with Gasteiger partial charge in [0.05, 0.1) is 6.54 Å². The van der Waals surface area contributed by atoms with Crippen LogP contribution in [-0.2, 0) is 6.54 Å². The second-order valence-electron chi connectivity index (χ2n) is 6.59. The van der Waals surface area contributed by atoms with Gasteiger partial charge >= 0.3 is 0 Å². The van der Waals surface area contributed by atoms with E-state index in [1.54, 1.807) is 38.2 Å². The number of amides is 1. The first-order valence-electron chi connectivity index (χ1n) is 9.06. The highest BCUT2D eigenvalue weighted by molar-refractivity contribution is 6.30. The standard InChI is InChI=1S/C21H27ClN4O2/c1-15(28-19-11-9-18(22)10-12-19)13-24-21(23-2)25-14-16-5-7-17(8-6-16)20(27)26(3)4/h5-12,15H,13-14H2,1-4H3,(H2,23,24,25). The number of halogens is 1. The van der Waals surface area contributed by atoms with Gasteiger partial charge < -0.3 is 20.3 Å². The molecule has 28 heavy (non-hydrogen) atoms. The van der Waals surface area contributed by atoms with E-state index in [0.717, 1.165) is 11.3 Å². The minimum absolute atomic E-state index is 0.00772. The molecule has 0 aliphatic carbocycles. The summed E-state index contributed by atoms with van der Waals surface area (Å²) in [4.78, 5) is 17.7. The molecule has 2 N–H and O–H groups in total. The molecule has 0 aromatic heterocycles. The molecule has 6 nitrogen and oxygen atoms in total. The minimum atomic E-state index is -0.0453. The summed E-state index contributed by atoms with van der Waals surface area (Å²) in [7, 11) is 5.20. The fourth-order valence-electron chi connectivity index (χ4n) is 2.46. The molecule has 2 aromatic rings. The van der Waals surface area contributed by atoms with Gasteiger partial charge in [-0.25, -0.2) is 0 Å². The Morgan fingerprint density at radius 1 is 1.11 bits per heavy atom. The summed E-state index contributed by atoms with van der Waals surface area (Å²) in [6, 6.07) is 14.8. The van der Waals surface area contributed by atoms with E-state index in [9.17, 15) is 4.79 Å². The number of carbonyl (C=O) groups excluding carboxylic acids is 1. The number of carbonyl (C=O) groups is 1. The number of guanidine groups is 1. The first-order chi connectivity index (χ1) is 13.4. The van der Waals surface area contributed by atoms with Crippen molar-refractivity contribution in [1.82, 2.24) is 15.5 Å².